The summed E-state index contributed by atoms with van der Waals surface area (Å²) in [6, 6.07) is 32.3. The Morgan fingerprint density at radius 1 is 0.721 bits per heavy atom. The third-order valence-corrected chi connectivity index (χ3v) is 9.07. The highest BCUT2D eigenvalue weighted by Gasteiger charge is 2.34. The summed E-state index contributed by atoms with van der Waals surface area (Å²) in [6.45, 7) is 4.27. The van der Waals surface area contributed by atoms with Gasteiger partial charge in [-0.15, -0.1) is 0 Å². The van der Waals surface area contributed by atoms with Crippen molar-refractivity contribution >= 4 is 43.7 Å². The highest BCUT2D eigenvalue weighted by atomic mass is 16.5. The summed E-state index contributed by atoms with van der Waals surface area (Å²) in [4.78, 5) is 0. The number of aryl methyl sites for hydroxylation is 2. The van der Waals surface area contributed by atoms with E-state index in [9.17, 15) is 5.26 Å². The zero-order valence-corrected chi connectivity index (χ0v) is 23.8. The van der Waals surface area contributed by atoms with E-state index in [0.717, 1.165) is 50.0 Å². The maximum Gasteiger partial charge on any atom is 0.159 e. The van der Waals surface area contributed by atoms with Gasteiger partial charge < -0.3 is 13.7 Å². The number of benzene rings is 5. The SMILES string of the molecule is Cc1ccc2c(c1)c1cc(C)ccc1n2-c1cccc2c1oc1c(C#N)cc(-c3cccc4c3OC3C=CC=CC43)cc12. The van der Waals surface area contributed by atoms with Crippen LogP contribution in [0.5, 0.6) is 5.75 Å². The molecule has 0 saturated heterocycles. The molecule has 2 aliphatic rings. The molecule has 0 amide bonds. The van der Waals surface area contributed by atoms with Gasteiger partial charge in [-0.2, -0.15) is 5.26 Å². The number of furan rings is 1. The van der Waals surface area contributed by atoms with Gasteiger partial charge in [0.25, 0.3) is 0 Å². The topological polar surface area (TPSA) is 51.1 Å². The summed E-state index contributed by atoms with van der Waals surface area (Å²) in [7, 11) is 0. The molecular weight excluding hydrogens is 528 g/mol. The number of rotatable bonds is 2. The number of hydrogen-bond donors (Lipinski definition) is 0. The first kappa shape index (κ1) is 24.1. The van der Waals surface area contributed by atoms with Crippen LogP contribution in [0.15, 0.2) is 114 Å². The van der Waals surface area contributed by atoms with E-state index in [1.165, 1.54) is 27.5 Å². The van der Waals surface area contributed by atoms with Crippen molar-refractivity contribution in [2.75, 3.05) is 0 Å². The van der Waals surface area contributed by atoms with E-state index in [0.29, 0.717) is 11.1 Å². The minimum atomic E-state index is -0.00331. The van der Waals surface area contributed by atoms with Crippen LogP contribution in [0.2, 0.25) is 0 Å². The number of nitriles is 1. The minimum absolute atomic E-state index is 0.00331. The lowest BCUT2D eigenvalue weighted by Crippen LogP contribution is -2.15. The van der Waals surface area contributed by atoms with E-state index in [-0.39, 0.29) is 12.0 Å². The Morgan fingerprint density at radius 2 is 1.47 bits per heavy atom. The second-order valence-corrected chi connectivity index (χ2v) is 11.7. The highest BCUT2D eigenvalue weighted by molar-refractivity contribution is 6.14. The Kier molecular flexibility index (Phi) is 4.90. The van der Waals surface area contributed by atoms with E-state index in [2.05, 4.69) is 122 Å². The van der Waals surface area contributed by atoms with Gasteiger partial charge >= 0.3 is 0 Å². The first-order chi connectivity index (χ1) is 21.1. The van der Waals surface area contributed by atoms with Gasteiger partial charge in [0, 0.05) is 38.6 Å². The predicted molar refractivity (Wildman–Crippen MR) is 173 cm³/mol. The fraction of sp³-hybridized carbons (Fsp3) is 0.103. The van der Waals surface area contributed by atoms with Crippen molar-refractivity contribution in [3.8, 4) is 28.6 Å². The molecule has 0 N–H and O–H groups in total. The van der Waals surface area contributed by atoms with E-state index in [1.54, 1.807) is 0 Å². The molecule has 3 heterocycles. The maximum absolute atomic E-state index is 10.3. The van der Waals surface area contributed by atoms with Crippen LogP contribution in [0.3, 0.4) is 0 Å². The van der Waals surface area contributed by atoms with Gasteiger partial charge in [0.15, 0.2) is 11.2 Å². The van der Waals surface area contributed by atoms with Gasteiger partial charge in [-0.3, -0.25) is 0 Å². The van der Waals surface area contributed by atoms with Gasteiger partial charge in [-0.05, 0) is 68.0 Å². The van der Waals surface area contributed by atoms with E-state index < -0.39 is 0 Å². The van der Waals surface area contributed by atoms with Crippen LogP contribution in [0.1, 0.15) is 28.2 Å². The van der Waals surface area contributed by atoms with Crippen LogP contribution < -0.4 is 4.74 Å². The smallest absolute Gasteiger partial charge is 0.159 e. The van der Waals surface area contributed by atoms with Crippen molar-refractivity contribution in [3.05, 3.63) is 131 Å². The number of nitrogens with zero attached hydrogens (tertiary/aromatic N) is 2. The fourth-order valence-corrected chi connectivity index (χ4v) is 7.10. The molecule has 43 heavy (non-hydrogen) atoms. The number of aromatic nitrogens is 1. The summed E-state index contributed by atoms with van der Waals surface area (Å²) < 4.78 is 15.4. The lowest BCUT2D eigenvalue weighted by molar-refractivity contribution is 0.270. The lowest BCUT2D eigenvalue weighted by atomic mass is 9.90. The molecule has 2 atom stereocenters. The second kappa shape index (κ2) is 8.74. The average Bonchev–Trinajstić information content (AvgIpc) is 3.70. The highest BCUT2D eigenvalue weighted by Crippen LogP contribution is 2.48. The van der Waals surface area contributed by atoms with Crippen molar-refractivity contribution in [1.29, 1.82) is 5.26 Å². The molecule has 2 aromatic heterocycles. The van der Waals surface area contributed by atoms with Crippen LogP contribution in [0.4, 0.5) is 0 Å². The first-order valence-corrected chi connectivity index (χ1v) is 14.6. The van der Waals surface area contributed by atoms with Crippen LogP contribution >= 0.6 is 0 Å². The van der Waals surface area contributed by atoms with Crippen molar-refractivity contribution in [3.63, 3.8) is 0 Å². The third kappa shape index (κ3) is 3.37. The lowest BCUT2D eigenvalue weighted by Gasteiger charge is -2.14. The molecule has 4 heteroatoms. The summed E-state index contributed by atoms with van der Waals surface area (Å²) in [5, 5.41) is 14.7. The maximum atomic E-state index is 10.3. The molecular formula is C39H26N2O2. The average molecular weight is 555 g/mol. The zero-order valence-electron chi connectivity index (χ0n) is 23.8. The second-order valence-electron chi connectivity index (χ2n) is 11.7. The summed E-state index contributed by atoms with van der Waals surface area (Å²) >= 11 is 0. The van der Waals surface area contributed by atoms with Crippen molar-refractivity contribution in [2.45, 2.75) is 25.9 Å². The Labute approximate surface area is 248 Å². The van der Waals surface area contributed by atoms with E-state index in [4.69, 9.17) is 9.15 Å². The molecule has 4 nitrogen and oxygen atoms in total. The molecule has 0 saturated carbocycles. The number of para-hydroxylation sites is 2. The number of ether oxygens (including phenoxy) is 1. The molecule has 1 aliphatic carbocycles. The van der Waals surface area contributed by atoms with Crippen LogP contribution in [0.25, 0.3) is 60.6 Å². The van der Waals surface area contributed by atoms with Gasteiger partial charge in [-0.1, -0.05) is 71.8 Å². The summed E-state index contributed by atoms with van der Waals surface area (Å²) in [6.07, 6.45) is 8.44. The Hall–Kier alpha value is -5.53. The number of allylic oxidation sites excluding steroid dienone is 2. The molecule has 0 fully saturated rings. The Bertz CT molecular complexity index is 2370. The number of fused-ring (bicyclic) bond motifs is 9. The first-order valence-electron chi connectivity index (χ1n) is 14.6. The van der Waals surface area contributed by atoms with Crippen molar-refractivity contribution < 1.29 is 9.15 Å². The predicted octanol–water partition coefficient (Wildman–Crippen LogP) is 9.81. The monoisotopic (exact) mass is 554 g/mol. The van der Waals surface area contributed by atoms with Gasteiger partial charge in [0.05, 0.1) is 22.3 Å². The van der Waals surface area contributed by atoms with Crippen LogP contribution in [-0.2, 0) is 0 Å². The molecule has 0 radical (unpaired) electrons. The quantitative estimate of drug-likeness (QED) is 0.214. The number of hydrogen-bond acceptors (Lipinski definition) is 3. The molecule has 204 valence electrons. The molecule has 0 bridgehead atoms. The van der Waals surface area contributed by atoms with Gasteiger partial charge in [0.2, 0.25) is 0 Å². The Balaban J connectivity index is 1.31. The minimum Gasteiger partial charge on any atom is -0.484 e. The van der Waals surface area contributed by atoms with Crippen molar-refractivity contribution in [1.82, 2.24) is 4.57 Å². The molecule has 5 aromatic carbocycles. The fourth-order valence-electron chi connectivity index (χ4n) is 7.10. The molecule has 9 rings (SSSR count). The summed E-state index contributed by atoms with van der Waals surface area (Å²) in [5.74, 6) is 1.09. The van der Waals surface area contributed by atoms with Crippen LogP contribution in [-0.4, -0.2) is 10.7 Å². The molecule has 2 unspecified atom stereocenters. The standard InChI is InChI=1S/C39H26N2O2/c1-22-13-15-33-30(17-22)31-18-23(2)14-16-34(31)41(33)35-11-6-10-29-32-20-24(19-25(21-40)37(32)43-39(29)35)26-8-5-9-28-27-7-3-4-12-36(27)42-38(26)28/h3-20,27,36H,1-2H3. The largest absolute Gasteiger partial charge is 0.484 e. The third-order valence-electron chi connectivity index (χ3n) is 9.07. The van der Waals surface area contributed by atoms with E-state index >= 15 is 0 Å². The van der Waals surface area contributed by atoms with E-state index in [1.807, 2.05) is 12.1 Å². The van der Waals surface area contributed by atoms with Gasteiger partial charge in [-0.25, -0.2) is 0 Å². The Morgan fingerprint density at radius 3 is 2.23 bits per heavy atom. The van der Waals surface area contributed by atoms with Crippen molar-refractivity contribution in [2.24, 2.45) is 0 Å². The molecule has 7 aromatic rings. The summed E-state index contributed by atoms with van der Waals surface area (Å²) in [5.41, 5.74) is 10.7. The van der Waals surface area contributed by atoms with Crippen LogP contribution in [0, 0.1) is 25.2 Å². The molecule has 1 aliphatic heterocycles. The van der Waals surface area contributed by atoms with Gasteiger partial charge in [0.1, 0.15) is 17.9 Å². The normalized spacial score (nSPS) is 17.0. The molecule has 0 spiro atoms. The zero-order chi connectivity index (χ0) is 28.8.